The van der Waals surface area contributed by atoms with E-state index in [4.69, 9.17) is 9.47 Å². The van der Waals surface area contributed by atoms with Crippen LogP contribution < -0.4 is 0 Å². The predicted molar refractivity (Wildman–Crippen MR) is 93.8 cm³/mol. The summed E-state index contributed by atoms with van der Waals surface area (Å²) < 4.78 is 11.6. The number of halogens is 1. The molecule has 0 radical (unpaired) electrons. The normalized spacial score (nSPS) is 46.0. The summed E-state index contributed by atoms with van der Waals surface area (Å²) in [5.74, 6) is 2.47. The summed E-state index contributed by atoms with van der Waals surface area (Å²) in [5.41, 5.74) is -0.0548. The van der Waals surface area contributed by atoms with Gasteiger partial charge >= 0.3 is 0 Å². The summed E-state index contributed by atoms with van der Waals surface area (Å²) in [6, 6.07) is 0. The van der Waals surface area contributed by atoms with Gasteiger partial charge in [-0.15, -0.1) is 0 Å². The molecule has 0 aromatic rings. The smallest absolute Gasteiger partial charge is 0.228 e. The van der Waals surface area contributed by atoms with Crippen LogP contribution in [0.4, 0.5) is 0 Å². The first kappa shape index (κ1) is 16.1. The van der Waals surface area contributed by atoms with Gasteiger partial charge in [0.25, 0.3) is 0 Å². The molecule has 1 amide bonds. The van der Waals surface area contributed by atoms with E-state index in [1.807, 2.05) is 0 Å². The highest BCUT2D eigenvalue weighted by atomic mass is 79.9. The van der Waals surface area contributed by atoms with E-state index in [0.717, 1.165) is 70.2 Å². The molecule has 4 aliphatic carbocycles. The minimum Gasteiger partial charge on any atom is -0.350 e. The molecule has 5 heteroatoms. The Morgan fingerprint density at radius 2 is 1.62 bits per heavy atom. The number of piperidine rings is 1. The second kappa shape index (κ2) is 5.68. The lowest BCUT2D eigenvalue weighted by Gasteiger charge is -2.60. The lowest BCUT2D eigenvalue weighted by molar-refractivity contribution is -0.159. The molecule has 0 aromatic heterocycles. The molecule has 2 unspecified atom stereocenters. The van der Waals surface area contributed by atoms with Crippen molar-refractivity contribution in [3.8, 4) is 0 Å². The summed E-state index contributed by atoms with van der Waals surface area (Å²) in [6.45, 7) is 3.23. The molecule has 2 aliphatic heterocycles. The van der Waals surface area contributed by atoms with Gasteiger partial charge in [-0.1, -0.05) is 15.9 Å². The van der Waals surface area contributed by atoms with Crippen LogP contribution in [0, 0.1) is 23.2 Å². The first-order valence-electron chi connectivity index (χ1n) is 9.77. The summed E-state index contributed by atoms with van der Waals surface area (Å²) >= 11 is 4.04. The van der Waals surface area contributed by atoms with Crippen LogP contribution in [0.3, 0.4) is 0 Å². The summed E-state index contributed by atoms with van der Waals surface area (Å²) in [6.07, 6.45) is 9.33. The molecular weight excluding hydrogens is 370 g/mol. The number of carbonyl (C=O) groups is 1. The fourth-order valence-corrected chi connectivity index (χ4v) is 8.21. The van der Waals surface area contributed by atoms with E-state index in [9.17, 15) is 4.79 Å². The van der Waals surface area contributed by atoms with Gasteiger partial charge in [-0.05, 0) is 63.2 Å². The Bertz CT molecular complexity index is 511. The maximum Gasteiger partial charge on any atom is 0.228 e. The number of hydrogen-bond donors (Lipinski definition) is 0. The quantitative estimate of drug-likeness (QED) is 0.670. The van der Waals surface area contributed by atoms with Crippen molar-refractivity contribution < 1.29 is 14.3 Å². The van der Waals surface area contributed by atoms with Crippen molar-refractivity contribution in [1.29, 1.82) is 0 Å². The van der Waals surface area contributed by atoms with Crippen LogP contribution >= 0.6 is 15.9 Å². The van der Waals surface area contributed by atoms with Crippen molar-refractivity contribution in [2.75, 3.05) is 26.3 Å². The van der Waals surface area contributed by atoms with Crippen LogP contribution in [0.5, 0.6) is 0 Å². The standard InChI is InChI=1S/C19H28BrNO3/c20-19-10-13-7-14(11-19)9-18(8-13,12-19)17(22)21-3-1-15(2-4-21)16-23-5-6-24-16/h13-16H,1-12H2. The number of carbonyl (C=O) groups excluding carboxylic acids is 1. The Labute approximate surface area is 152 Å². The molecule has 24 heavy (non-hydrogen) atoms. The van der Waals surface area contributed by atoms with Gasteiger partial charge < -0.3 is 14.4 Å². The highest BCUT2D eigenvalue weighted by Gasteiger charge is 2.60. The fourth-order valence-electron chi connectivity index (χ4n) is 6.76. The summed E-state index contributed by atoms with van der Waals surface area (Å²) in [7, 11) is 0. The topological polar surface area (TPSA) is 38.8 Å². The van der Waals surface area contributed by atoms with E-state index >= 15 is 0 Å². The zero-order chi connectivity index (χ0) is 16.4. The van der Waals surface area contributed by atoms with Crippen molar-refractivity contribution in [3.63, 3.8) is 0 Å². The minimum atomic E-state index is -0.0548. The van der Waals surface area contributed by atoms with Gasteiger partial charge in [0.1, 0.15) is 0 Å². The highest BCUT2D eigenvalue weighted by Crippen LogP contribution is 2.64. The third-order valence-electron chi connectivity index (χ3n) is 7.30. The van der Waals surface area contributed by atoms with Gasteiger partial charge in [-0.25, -0.2) is 0 Å². The molecule has 134 valence electrons. The van der Waals surface area contributed by atoms with Crippen molar-refractivity contribution in [2.45, 2.75) is 62.0 Å². The number of nitrogens with zero attached hydrogens (tertiary/aromatic N) is 1. The molecule has 4 nitrogen and oxygen atoms in total. The largest absolute Gasteiger partial charge is 0.350 e. The Balaban J connectivity index is 1.27. The molecule has 0 spiro atoms. The molecule has 6 rings (SSSR count). The second-order valence-electron chi connectivity index (χ2n) is 9.13. The molecule has 4 bridgehead atoms. The van der Waals surface area contributed by atoms with E-state index in [2.05, 4.69) is 20.8 Å². The predicted octanol–water partition coefficient (Wildman–Crippen LogP) is 3.33. The Morgan fingerprint density at radius 3 is 2.21 bits per heavy atom. The Kier molecular flexibility index (Phi) is 3.81. The van der Waals surface area contributed by atoms with Crippen molar-refractivity contribution >= 4 is 21.8 Å². The molecular formula is C19H28BrNO3. The monoisotopic (exact) mass is 397 g/mol. The van der Waals surface area contributed by atoms with Crippen molar-refractivity contribution in [1.82, 2.24) is 4.90 Å². The van der Waals surface area contributed by atoms with Gasteiger partial charge in [-0.2, -0.15) is 0 Å². The van der Waals surface area contributed by atoms with Crippen LogP contribution in [0.2, 0.25) is 0 Å². The zero-order valence-corrected chi connectivity index (χ0v) is 15.9. The van der Waals surface area contributed by atoms with Gasteiger partial charge in [-0.3, -0.25) is 4.79 Å². The van der Waals surface area contributed by atoms with Gasteiger partial charge in [0.05, 0.1) is 18.6 Å². The van der Waals surface area contributed by atoms with Crippen LogP contribution in [-0.2, 0) is 14.3 Å². The van der Waals surface area contributed by atoms with E-state index in [1.54, 1.807) is 0 Å². The average molecular weight is 398 g/mol. The van der Waals surface area contributed by atoms with Gasteiger partial charge in [0.15, 0.2) is 6.29 Å². The van der Waals surface area contributed by atoms with E-state index in [0.29, 0.717) is 11.8 Å². The third-order valence-corrected chi connectivity index (χ3v) is 8.23. The SMILES string of the molecule is O=C(N1CCC(C2OCCO2)CC1)C12CC3CC(CC(Br)(C3)C1)C2. The van der Waals surface area contributed by atoms with E-state index in [1.165, 1.54) is 19.3 Å². The van der Waals surface area contributed by atoms with Gasteiger partial charge in [0.2, 0.25) is 5.91 Å². The average Bonchev–Trinajstić information content (AvgIpc) is 3.06. The molecule has 0 N–H and O–H groups in total. The number of ether oxygens (including phenoxy) is 2. The van der Waals surface area contributed by atoms with Crippen molar-refractivity contribution in [3.05, 3.63) is 0 Å². The number of hydrogen-bond acceptors (Lipinski definition) is 3. The molecule has 2 saturated heterocycles. The van der Waals surface area contributed by atoms with Crippen LogP contribution in [0.1, 0.15) is 51.4 Å². The van der Waals surface area contributed by atoms with Crippen LogP contribution in [-0.4, -0.2) is 47.7 Å². The molecule has 2 atom stereocenters. The molecule has 6 aliphatic rings. The fraction of sp³-hybridized carbons (Fsp3) is 0.947. The lowest BCUT2D eigenvalue weighted by Crippen LogP contribution is -2.59. The highest BCUT2D eigenvalue weighted by molar-refractivity contribution is 9.10. The van der Waals surface area contributed by atoms with E-state index < -0.39 is 0 Å². The Morgan fingerprint density at radius 1 is 1.00 bits per heavy atom. The minimum absolute atomic E-state index is 0.0207. The maximum absolute atomic E-state index is 13.5. The number of rotatable bonds is 2. The number of alkyl halides is 1. The number of amides is 1. The first-order chi connectivity index (χ1) is 11.6. The molecule has 4 saturated carbocycles. The zero-order valence-electron chi connectivity index (χ0n) is 14.3. The molecule has 6 fully saturated rings. The molecule has 0 aromatic carbocycles. The van der Waals surface area contributed by atoms with Gasteiger partial charge in [0, 0.05) is 23.3 Å². The first-order valence-corrected chi connectivity index (χ1v) is 10.6. The maximum atomic E-state index is 13.5. The van der Waals surface area contributed by atoms with Crippen LogP contribution in [0.25, 0.3) is 0 Å². The third kappa shape index (κ3) is 2.57. The Hall–Kier alpha value is -0.130. The van der Waals surface area contributed by atoms with E-state index in [-0.39, 0.29) is 16.0 Å². The second-order valence-corrected chi connectivity index (χ2v) is 10.8. The summed E-state index contributed by atoms with van der Waals surface area (Å²) in [5, 5.41) is 0. The van der Waals surface area contributed by atoms with Crippen LogP contribution in [0.15, 0.2) is 0 Å². The summed E-state index contributed by atoms with van der Waals surface area (Å²) in [4.78, 5) is 15.6. The molecule has 2 heterocycles. The lowest BCUT2D eigenvalue weighted by atomic mass is 9.49. The number of likely N-dealkylation sites (tertiary alicyclic amines) is 1. The van der Waals surface area contributed by atoms with Crippen molar-refractivity contribution in [2.24, 2.45) is 23.2 Å².